The van der Waals surface area contributed by atoms with Crippen LogP contribution in [0.2, 0.25) is 0 Å². The smallest absolute Gasteiger partial charge is 0.480 e. The Morgan fingerprint density at radius 1 is 1.07 bits per heavy atom. The van der Waals surface area contributed by atoms with Gasteiger partial charge in [-0.1, -0.05) is 49.4 Å². The lowest BCUT2D eigenvalue weighted by atomic mass is 10.0. The third-order valence-corrected chi connectivity index (χ3v) is 10.2. The molecule has 1 fully saturated rings. The molecule has 2 aromatic carbocycles. The summed E-state index contributed by atoms with van der Waals surface area (Å²) < 4.78 is 70.2. The summed E-state index contributed by atoms with van der Waals surface area (Å²) in [5.41, 5.74) is 2.22. The number of aliphatic carboxylic acids is 1. The van der Waals surface area contributed by atoms with Crippen LogP contribution in [0, 0.1) is 6.92 Å². The number of halogens is 3. The molecule has 3 aromatic rings. The number of nitrogens with zero attached hydrogens (tertiary/aromatic N) is 3. The summed E-state index contributed by atoms with van der Waals surface area (Å²) in [6, 6.07) is 10.0. The van der Waals surface area contributed by atoms with Gasteiger partial charge in [0.1, 0.15) is 23.2 Å². The quantitative estimate of drug-likeness (QED) is 0.275. The second kappa shape index (κ2) is 14.0. The van der Waals surface area contributed by atoms with Crippen LogP contribution in [0.1, 0.15) is 46.3 Å². The molecule has 0 unspecified atom stereocenters. The third kappa shape index (κ3) is 8.52. The molecule has 0 bridgehead atoms. The van der Waals surface area contributed by atoms with Crippen molar-refractivity contribution in [1.82, 2.24) is 19.9 Å². The number of hydrogen-bond acceptors (Lipinski definition) is 9. The second-order valence-electron chi connectivity index (χ2n) is 10.7. The molecule has 1 saturated heterocycles. The van der Waals surface area contributed by atoms with E-state index >= 15 is 0 Å². The van der Waals surface area contributed by atoms with Crippen molar-refractivity contribution in [2.24, 2.45) is 0 Å². The molecular weight excluding hydrogens is 651 g/mol. The van der Waals surface area contributed by atoms with Gasteiger partial charge in [0.2, 0.25) is 15.9 Å². The number of carbonyl (C=O) groups excluding carboxylic acids is 2. The normalized spacial score (nSPS) is 15.9. The number of ether oxygens (including phenoxy) is 1. The predicted molar refractivity (Wildman–Crippen MR) is 162 cm³/mol. The topological polar surface area (TPSA) is 158 Å². The summed E-state index contributed by atoms with van der Waals surface area (Å²) in [4.78, 5) is 42.9. The van der Waals surface area contributed by atoms with E-state index in [0.717, 1.165) is 51.0 Å². The van der Waals surface area contributed by atoms with Gasteiger partial charge in [-0.05, 0) is 48.2 Å². The Balaban J connectivity index is 1.59. The van der Waals surface area contributed by atoms with E-state index in [4.69, 9.17) is 5.11 Å². The van der Waals surface area contributed by atoms with Crippen molar-refractivity contribution in [3.05, 3.63) is 70.2 Å². The van der Waals surface area contributed by atoms with Gasteiger partial charge in [0.15, 0.2) is 5.13 Å². The van der Waals surface area contributed by atoms with Crippen molar-refractivity contribution in [3.8, 4) is 5.75 Å². The lowest BCUT2D eigenvalue weighted by molar-refractivity contribution is -0.274. The molecule has 0 spiro atoms. The van der Waals surface area contributed by atoms with Crippen molar-refractivity contribution >= 4 is 44.3 Å². The Bertz CT molecular complexity index is 1680. The van der Waals surface area contributed by atoms with Gasteiger partial charge in [-0.2, -0.15) is 4.31 Å². The van der Waals surface area contributed by atoms with Crippen LogP contribution in [0.3, 0.4) is 0 Å². The fourth-order valence-corrected chi connectivity index (χ4v) is 7.27. The van der Waals surface area contributed by atoms with Crippen molar-refractivity contribution in [3.63, 3.8) is 0 Å². The summed E-state index contributed by atoms with van der Waals surface area (Å²) in [6.45, 7) is 4.90. The van der Waals surface area contributed by atoms with Gasteiger partial charge in [0.05, 0.1) is 10.6 Å². The minimum absolute atomic E-state index is 0.0675. The number of alkyl halides is 3. The maximum Gasteiger partial charge on any atom is 0.573 e. The van der Waals surface area contributed by atoms with Crippen molar-refractivity contribution in [2.45, 2.75) is 50.5 Å². The van der Waals surface area contributed by atoms with Crippen LogP contribution < -0.4 is 20.3 Å². The number of rotatable bonds is 11. The number of aryl methyl sites for hydroxylation is 1. The van der Waals surface area contributed by atoms with E-state index in [1.165, 1.54) is 0 Å². The van der Waals surface area contributed by atoms with Gasteiger partial charge in [0.25, 0.3) is 5.91 Å². The van der Waals surface area contributed by atoms with Crippen LogP contribution in [0.25, 0.3) is 0 Å². The first-order valence-electron chi connectivity index (χ1n) is 14.0. The monoisotopic (exact) mass is 683 g/mol. The number of sulfonamides is 1. The number of carboxylic acid groups (broad SMARTS) is 1. The zero-order valence-corrected chi connectivity index (χ0v) is 26.6. The van der Waals surface area contributed by atoms with Gasteiger partial charge in [0, 0.05) is 26.2 Å². The fourth-order valence-electron chi connectivity index (χ4n) is 4.68. The summed E-state index contributed by atoms with van der Waals surface area (Å²) in [5, 5.41) is 14.3. The van der Waals surface area contributed by atoms with Crippen molar-refractivity contribution < 1.29 is 45.8 Å². The number of thiazole rings is 1. The van der Waals surface area contributed by atoms with E-state index in [0.29, 0.717) is 16.7 Å². The molecule has 17 heteroatoms. The zero-order valence-electron chi connectivity index (χ0n) is 25.0. The fraction of sp³-hybridized carbons (Fsp3) is 0.379. The standard InChI is InChI=1S/C29H32F3N5O7S2/c1-17(2)20-6-4-19(5-7-20)14-33-26(40)23-16-36(28-35-18(3)25(45-28)27(41)34-15-24(38)39)12-13-37(23)46(42,43)22-10-8-21(9-11-22)44-29(30,31)32/h4-11,17,23H,12-16H2,1-3H3,(H,33,40)(H,34,41)(H,38,39)/t23-/m1/s1. The number of carboxylic acids is 1. The van der Waals surface area contributed by atoms with Gasteiger partial charge < -0.3 is 25.4 Å². The molecule has 1 aromatic heterocycles. The third-order valence-electron chi connectivity index (χ3n) is 7.07. The highest BCUT2D eigenvalue weighted by atomic mass is 32.2. The number of amides is 2. The number of benzene rings is 2. The van der Waals surface area contributed by atoms with E-state index in [2.05, 4.69) is 20.4 Å². The van der Waals surface area contributed by atoms with Crippen LogP contribution in [0.15, 0.2) is 53.4 Å². The highest BCUT2D eigenvalue weighted by Gasteiger charge is 2.41. The van der Waals surface area contributed by atoms with Crippen LogP contribution in [-0.4, -0.2) is 79.2 Å². The number of aromatic nitrogens is 1. The summed E-state index contributed by atoms with van der Waals surface area (Å²) in [5.74, 6) is -2.77. The molecule has 12 nitrogen and oxygen atoms in total. The first-order chi connectivity index (χ1) is 21.5. The van der Waals surface area contributed by atoms with E-state index in [9.17, 15) is 36.0 Å². The van der Waals surface area contributed by atoms with E-state index in [1.807, 2.05) is 38.1 Å². The highest BCUT2D eigenvalue weighted by molar-refractivity contribution is 7.89. The molecule has 2 heterocycles. The van der Waals surface area contributed by atoms with Gasteiger partial charge in [-0.25, -0.2) is 13.4 Å². The Hall–Kier alpha value is -4.22. The molecule has 0 saturated carbocycles. The number of carbonyl (C=O) groups is 3. The van der Waals surface area contributed by atoms with Gasteiger partial charge in [-0.3, -0.25) is 14.4 Å². The number of nitrogens with one attached hydrogen (secondary N) is 2. The number of piperazine rings is 1. The largest absolute Gasteiger partial charge is 0.573 e. The minimum Gasteiger partial charge on any atom is -0.480 e. The van der Waals surface area contributed by atoms with Crippen molar-refractivity contribution in [2.75, 3.05) is 31.1 Å². The average Bonchev–Trinajstić information content (AvgIpc) is 3.39. The first-order valence-corrected chi connectivity index (χ1v) is 16.3. The van der Waals surface area contributed by atoms with Crippen LogP contribution in [0.5, 0.6) is 5.75 Å². The molecule has 0 aliphatic carbocycles. The summed E-state index contributed by atoms with van der Waals surface area (Å²) >= 11 is 0.969. The zero-order chi connectivity index (χ0) is 33.8. The second-order valence-corrected chi connectivity index (χ2v) is 13.6. The molecule has 3 N–H and O–H groups in total. The minimum atomic E-state index is -4.96. The first kappa shape index (κ1) is 34.6. The SMILES string of the molecule is Cc1nc(N2CCN(S(=O)(=O)c3ccc(OC(F)(F)F)cc3)[C@@H](C(=O)NCc3ccc(C(C)C)cc3)C2)sc1C(=O)NCC(=O)O. The number of anilines is 1. The highest BCUT2D eigenvalue weighted by Crippen LogP contribution is 2.31. The van der Waals surface area contributed by atoms with E-state index in [1.54, 1.807) is 11.8 Å². The Labute approximate surface area is 267 Å². The summed E-state index contributed by atoms with van der Waals surface area (Å²) in [6.07, 6.45) is -4.96. The average molecular weight is 684 g/mol. The molecule has 1 aliphatic heterocycles. The van der Waals surface area contributed by atoms with Crippen LogP contribution in [0.4, 0.5) is 18.3 Å². The Morgan fingerprint density at radius 3 is 2.30 bits per heavy atom. The molecule has 2 amide bonds. The molecule has 1 atom stereocenters. The molecule has 4 rings (SSSR count). The molecule has 1 aliphatic rings. The van der Waals surface area contributed by atoms with Gasteiger partial charge in [-0.15, -0.1) is 13.2 Å². The number of hydrogen-bond donors (Lipinski definition) is 3. The molecule has 46 heavy (non-hydrogen) atoms. The maximum atomic E-state index is 13.7. The Morgan fingerprint density at radius 2 is 1.72 bits per heavy atom. The van der Waals surface area contributed by atoms with E-state index < -0.39 is 52.5 Å². The molecule has 0 radical (unpaired) electrons. The lowest BCUT2D eigenvalue weighted by Gasteiger charge is -2.39. The lowest BCUT2D eigenvalue weighted by Crippen LogP contribution is -2.60. The van der Waals surface area contributed by atoms with Gasteiger partial charge >= 0.3 is 12.3 Å². The molecule has 248 valence electrons. The van der Waals surface area contributed by atoms with Crippen LogP contribution >= 0.6 is 11.3 Å². The summed E-state index contributed by atoms with van der Waals surface area (Å²) in [7, 11) is -4.38. The van der Waals surface area contributed by atoms with Crippen LogP contribution in [-0.2, 0) is 26.2 Å². The Kier molecular flexibility index (Phi) is 10.6. The van der Waals surface area contributed by atoms with Crippen molar-refractivity contribution in [1.29, 1.82) is 0 Å². The predicted octanol–water partition coefficient (Wildman–Crippen LogP) is 3.48. The molecular formula is C29H32F3N5O7S2. The van der Waals surface area contributed by atoms with E-state index in [-0.39, 0.29) is 36.0 Å². The maximum absolute atomic E-state index is 13.7.